The fourth-order valence-corrected chi connectivity index (χ4v) is 3.46. The van der Waals surface area contributed by atoms with Crippen LogP contribution in [0.4, 0.5) is 0 Å². The molecule has 0 radical (unpaired) electrons. The van der Waals surface area contributed by atoms with Gasteiger partial charge in [-0.1, -0.05) is 13.0 Å². The smallest absolute Gasteiger partial charge is 0.310 e. The van der Waals surface area contributed by atoms with Crippen molar-refractivity contribution in [3.63, 3.8) is 0 Å². The number of hydrogen-bond donors (Lipinski definition) is 1. The summed E-state index contributed by atoms with van der Waals surface area (Å²) in [6.07, 6.45) is 1.88. The summed E-state index contributed by atoms with van der Waals surface area (Å²) in [5.41, 5.74) is 1.20. The lowest BCUT2D eigenvalue weighted by Gasteiger charge is -2.21. The van der Waals surface area contributed by atoms with Crippen LogP contribution in [0.15, 0.2) is 23.2 Å². The zero-order valence-corrected chi connectivity index (χ0v) is 19.7. The Bertz CT molecular complexity index is 669. The summed E-state index contributed by atoms with van der Waals surface area (Å²) >= 11 is 0. The van der Waals surface area contributed by atoms with E-state index in [1.165, 1.54) is 12.7 Å². The number of benzene rings is 1. The molecule has 1 N–H and O–H groups in total. The highest BCUT2D eigenvalue weighted by atomic mass is 127. The highest BCUT2D eigenvalue weighted by molar-refractivity contribution is 14.0. The van der Waals surface area contributed by atoms with E-state index in [1.807, 2.05) is 12.1 Å². The molecule has 7 nitrogen and oxygen atoms in total. The fraction of sp³-hybridized carbons (Fsp3) is 0.600. The van der Waals surface area contributed by atoms with Gasteiger partial charge in [0.05, 0.1) is 27.2 Å². The minimum absolute atomic E-state index is 0. The van der Waals surface area contributed by atoms with Crippen molar-refractivity contribution in [1.29, 1.82) is 0 Å². The summed E-state index contributed by atoms with van der Waals surface area (Å²) in [7, 11) is 6.49. The minimum atomic E-state index is -0.145. The Morgan fingerprint density at radius 3 is 2.54 bits per heavy atom. The fourth-order valence-electron chi connectivity index (χ4n) is 3.46. The Morgan fingerprint density at radius 1 is 1.21 bits per heavy atom. The van der Waals surface area contributed by atoms with E-state index in [9.17, 15) is 4.79 Å². The van der Waals surface area contributed by atoms with Crippen molar-refractivity contribution in [3.8, 4) is 11.5 Å². The molecular formula is C20H32IN3O4. The summed E-state index contributed by atoms with van der Waals surface area (Å²) in [5, 5.41) is 3.40. The van der Waals surface area contributed by atoms with E-state index >= 15 is 0 Å². The number of rotatable bonds is 7. The lowest BCUT2D eigenvalue weighted by atomic mass is 9.99. The molecule has 28 heavy (non-hydrogen) atoms. The highest BCUT2D eigenvalue weighted by Gasteiger charge is 2.36. The molecule has 1 aliphatic heterocycles. The van der Waals surface area contributed by atoms with Gasteiger partial charge in [0.2, 0.25) is 0 Å². The third kappa shape index (κ3) is 6.15. The highest BCUT2D eigenvalue weighted by Crippen LogP contribution is 2.28. The van der Waals surface area contributed by atoms with E-state index in [1.54, 1.807) is 21.3 Å². The van der Waals surface area contributed by atoms with Crippen molar-refractivity contribution in [2.45, 2.75) is 19.8 Å². The van der Waals surface area contributed by atoms with Crippen LogP contribution in [-0.2, 0) is 16.0 Å². The average Bonchev–Trinajstić information content (AvgIpc) is 3.08. The Kier molecular flexibility index (Phi) is 10.4. The van der Waals surface area contributed by atoms with Gasteiger partial charge >= 0.3 is 5.97 Å². The molecule has 0 amide bonds. The molecule has 1 aliphatic rings. The van der Waals surface area contributed by atoms with Gasteiger partial charge in [-0.2, -0.15) is 0 Å². The Balaban J connectivity index is 0.00000392. The molecule has 0 aromatic heterocycles. The normalized spacial score (nSPS) is 19.0. The zero-order chi connectivity index (χ0) is 19.8. The van der Waals surface area contributed by atoms with Crippen molar-refractivity contribution in [2.75, 3.05) is 48.0 Å². The maximum atomic E-state index is 11.9. The van der Waals surface area contributed by atoms with Crippen molar-refractivity contribution in [2.24, 2.45) is 16.8 Å². The van der Waals surface area contributed by atoms with Crippen LogP contribution in [0.5, 0.6) is 11.5 Å². The van der Waals surface area contributed by atoms with Crippen LogP contribution < -0.4 is 14.8 Å². The number of esters is 1. The molecule has 1 aromatic carbocycles. The molecule has 158 valence electrons. The van der Waals surface area contributed by atoms with Gasteiger partial charge in [0.25, 0.3) is 0 Å². The molecule has 2 rings (SSSR count). The number of carbonyl (C=O) groups is 1. The molecule has 0 aliphatic carbocycles. The van der Waals surface area contributed by atoms with Gasteiger partial charge in [-0.25, -0.2) is 0 Å². The van der Waals surface area contributed by atoms with Gasteiger partial charge in [-0.05, 0) is 36.5 Å². The van der Waals surface area contributed by atoms with E-state index < -0.39 is 0 Å². The van der Waals surface area contributed by atoms with Gasteiger partial charge in [-0.3, -0.25) is 9.79 Å². The van der Waals surface area contributed by atoms with Crippen LogP contribution in [-0.4, -0.2) is 64.8 Å². The van der Waals surface area contributed by atoms with E-state index in [-0.39, 0.29) is 41.8 Å². The number of methoxy groups -OCH3 is 3. The third-order valence-corrected chi connectivity index (χ3v) is 5.00. The number of hydrogen-bond acceptors (Lipinski definition) is 5. The second-order valence-corrected chi connectivity index (χ2v) is 6.78. The molecule has 0 bridgehead atoms. The number of likely N-dealkylation sites (tertiary alicyclic amines) is 1. The molecule has 1 saturated heterocycles. The number of nitrogens with one attached hydrogen (secondary N) is 1. The van der Waals surface area contributed by atoms with Crippen LogP contribution >= 0.6 is 24.0 Å². The van der Waals surface area contributed by atoms with Gasteiger partial charge < -0.3 is 24.4 Å². The largest absolute Gasteiger partial charge is 0.493 e. The third-order valence-electron chi connectivity index (χ3n) is 5.00. The number of carbonyl (C=O) groups excluding carboxylic acids is 1. The van der Waals surface area contributed by atoms with E-state index in [0.29, 0.717) is 6.54 Å². The molecule has 2 unspecified atom stereocenters. The number of aliphatic imine (C=N–C) groups is 1. The topological polar surface area (TPSA) is 72.4 Å². The van der Waals surface area contributed by atoms with Gasteiger partial charge in [0.15, 0.2) is 17.5 Å². The van der Waals surface area contributed by atoms with E-state index in [2.05, 4.69) is 28.2 Å². The van der Waals surface area contributed by atoms with Crippen molar-refractivity contribution in [1.82, 2.24) is 10.2 Å². The molecule has 0 saturated carbocycles. The molecule has 8 heteroatoms. The first-order valence-electron chi connectivity index (χ1n) is 9.28. The Labute approximate surface area is 184 Å². The number of nitrogens with zero attached hydrogens (tertiary/aromatic N) is 2. The second kappa shape index (κ2) is 12.0. The molecule has 0 spiro atoms. The standard InChI is InChI=1S/C20H31N3O4.HI/c1-14-12-23(13-16(14)19(24)27-5)20(21-2)22-10-6-7-15-8-9-17(25-3)18(11-15)26-4;/h8-9,11,14,16H,6-7,10,12-13H2,1-5H3,(H,21,22);1H. The number of halogens is 1. The van der Waals surface area contributed by atoms with Gasteiger partial charge in [0.1, 0.15) is 0 Å². The molecule has 1 aromatic rings. The first-order chi connectivity index (χ1) is 13.0. The van der Waals surface area contributed by atoms with E-state index in [4.69, 9.17) is 14.2 Å². The summed E-state index contributed by atoms with van der Waals surface area (Å²) in [6, 6.07) is 6.00. The van der Waals surface area contributed by atoms with E-state index in [0.717, 1.165) is 43.4 Å². The average molecular weight is 505 g/mol. The van der Waals surface area contributed by atoms with Crippen LogP contribution in [0.3, 0.4) is 0 Å². The van der Waals surface area contributed by atoms with Crippen LogP contribution in [0.1, 0.15) is 18.9 Å². The first kappa shape index (κ1) is 24.3. The van der Waals surface area contributed by atoms with Crippen molar-refractivity contribution >= 4 is 35.9 Å². The maximum absolute atomic E-state index is 11.9. The Hall–Kier alpha value is -1.71. The lowest BCUT2D eigenvalue weighted by Crippen LogP contribution is -2.41. The van der Waals surface area contributed by atoms with Crippen LogP contribution in [0.25, 0.3) is 0 Å². The molecule has 1 heterocycles. The predicted molar refractivity (Wildman–Crippen MR) is 121 cm³/mol. The zero-order valence-electron chi connectivity index (χ0n) is 17.4. The van der Waals surface area contributed by atoms with Crippen molar-refractivity contribution < 1.29 is 19.0 Å². The molecule has 2 atom stereocenters. The minimum Gasteiger partial charge on any atom is -0.493 e. The van der Waals surface area contributed by atoms with Crippen LogP contribution in [0, 0.1) is 11.8 Å². The number of guanidine groups is 1. The Morgan fingerprint density at radius 2 is 1.93 bits per heavy atom. The molecular weight excluding hydrogens is 473 g/mol. The number of ether oxygens (including phenoxy) is 3. The summed E-state index contributed by atoms with van der Waals surface area (Å²) < 4.78 is 15.5. The predicted octanol–water partition coefficient (Wildman–Crippen LogP) is 2.57. The maximum Gasteiger partial charge on any atom is 0.310 e. The monoisotopic (exact) mass is 505 g/mol. The van der Waals surface area contributed by atoms with Gasteiger partial charge in [-0.15, -0.1) is 24.0 Å². The van der Waals surface area contributed by atoms with Gasteiger partial charge in [0, 0.05) is 26.7 Å². The summed E-state index contributed by atoms with van der Waals surface area (Å²) in [6.45, 7) is 4.32. The summed E-state index contributed by atoms with van der Waals surface area (Å²) in [5.74, 6) is 2.33. The number of aryl methyl sites for hydroxylation is 1. The lowest BCUT2D eigenvalue weighted by molar-refractivity contribution is -0.145. The summed E-state index contributed by atoms with van der Waals surface area (Å²) in [4.78, 5) is 18.4. The quantitative estimate of drug-likeness (QED) is 0.202. The van der Waals surface area contributed by atoms with Crippen molar-refractivity contribution in [3.05, 3.63) is 23.8 Å². The molecule has 1 fully saturated rings. The second-order valence-electron chi connectivity index (χ2n) is 6.78. The van der Waals surface area contributed by atoms with Crippen LogP contribution in [0.2, 0.25) is 0 Å². The SMILES string of the molecule is CN=C(NCCCc1ccc(OC)c(OC)c1)N1CC(C)C(C(=O)OC)C1.I. The first-order valence-corrected chi connectivity index (χ1v) is 9.28.